The van der Waals surface area contributed by atoms with Crippen molar-refractivity contribution in [2.24, 2.45) is 5.41 Å². The van der Waals surface area contributed by atoms with Gasteiger partial charge in [-0.2, -0.15) is 0 Å². The van der Waals surface area contributed by atoms with Crippen LogP contribution >= 0.6 is 0 Å². The highest BCUT2D eigenvalue weighted by molar-refractivity contribution is 5.11. The SMILES string of the molecule is CC(C)(C)C1N(C(C)(C)C)CCC12CCO2. The molecule has 0 N–H and O–H groups in total. The first-order valence-electron chi connectivity index (χ1n) is 6.58. The molecular weight excluding hydrogens is 198 g/mol. The van der Waals surface area contributed by atoms with Gasteiger partial charge in [-0.05, 0) is 32.6 Å². The van der Waals surface area contributed by atoms with Gasteiger partial charge in [0.15, 0.2) is 0 Å². The molecule has 2 heteroatoms. The van der Waals surface area contributed by atoms with E-state index >= 15 is 0 Å². The van der Waals surface area contributed by atoms with Crippen LogP contribution in [0, 0.1) is 5.41 Å². The van der Waals surface area contributed by atoms with Gasteiger partial charge in [-0.3, -0.25) is 4.90 Å². The Hall–Kier alpha value is -0.0800. The second-order valence-electron chi connectivity index (χ2n) is 7.55. The van der Waals surface area contributed by atoms with Crippen molar-refractivity contribution in [3.05, 3.63) is 0 Å². The predicted molar refractivity (Wildman–Crippen MR) is 67.6 cm³/mol. The van der Waals surface area contributed by atoms with E-state index in [0.717, 1.165) is 6.61 Å². The van der Waals surface area contributed by atoms with E-state index in [2.05, 4.69) is 46.4 Å². The summed E-state index contributed by atoms with van der Waals surface area (Å²) in [4.78, 5) is 2.66. The zero-order chi connectivity index (χ0) is 12.2. The molecule has 2 fully saturated rings. The van der Waals surface area contributed by atoms with Gasteiger partial charge < -0.3 is 4.74 Å². The predicted octanol–water partition coefficient (Wildman–Crippen LogP) is 3.06. The Balaban J connectivity index is 2.29. The maximum atomic E-state index is 6.00. The first-order valence-corrected chi connectivity index (χ1v) is 6.58. The molecule has 0 aromatic carbocycles. The minimum Gasteiger partial charge on any atom is -0.373 e. The molecule has 2 atom stereocenters. The number of ether oxygens (including phenoxy) is 1. The van der Waals surface area contributed by atoms with E-state index in [1.54, 1.807) is 0 Å². The second-order valence-corrected chi connectivity index (χ2v) is 7.55. The highest BCUT2D eigenvalue weighted by Crippen LogP contribution is 2.50. The van der Waals surface area contributed by atoms with Crippen molar-refractivity contribution in [3.63, 3.8) is 0 Å². The van der Waals surface area contributed by atoms with Gasteiger partial charge in [-0.1, -0.05) is 20.8 Å². The van der Waals surface area contributed by atoms with Crippen LogP contribution in [-0.4, -0.2) is 35.2 Å². The molecule has 0 aliphatic carbocycles. The fourth-order valence-electron chi connectivity index (χ4n) is 3.62. The second kappa shape index (κ2) is 3.46. The van der Waals surface area contributed by atoms with Crippen molar-refractivity contribution in [1.82, 2.24) is 4.90 Å². The minimum absolute atomic E-state index is 0.172. The lowest BCUT2D eigenvalue weighted by Gasteiger charge is -2.53. The fourth-order valence-corrected chi connectivity index (χ4v) is 3.62. The van der Waals surface area contributed by atoms with Gasteiger partial charge in [-0.25, -0.2) is 0 Å². The van der Waals surface area contributed by atoms with E-state index in [4.69, 9.17) is 4.74 Å². The summed E-state index contributed by atoms with van der Waals surface area (Å²) in [5.41, 5.74) is 0.718. The maximum Gasteiger partial charge on any atom is 0.0876 e. The Kier molecular flexibility index (Phi) is 2.67. The van der Waals surface area contributed by atoms with Crippen LogP contribution in [0.1, 0.15) is 54.4 Å². The van der Waals surface area contributed by atoms with E-state index in [-0.39, 0.29) is 11.1 Å². The molecule has 2 heterocycles. The topological polar surface area (TPSA) is 12.5 Å². The van der Waals surface area contributed by atoms with E-state index in [0.29, 0.717) is 11.5 Å². The molecule has 0 saturated carbocycles. The minimum atomic E-state index is 0.172. The van der Waals surface area contributed by atoms with Crippen molar-refractivity contribution in [2.75, 3.05) is 13.2 Å². The summed E-state index contributed by atoms with van der Waals surface area (Å²) in [5, 5.41) is 0. The molecule has 2 aliphatic rings. The monoisotopic (exact) mass is 225 g/mol. The van der Waals surface area contributed by atoms with Crippen LogP contribution in [0.4, 0.5) is 0 Å². The molecule has 0 radical (unpaired) electrons. The standard InChI is InChI=1S/C14H27NO/c1-12(2,3)11-14(8-10-16-14)7-9-15(11)13(4,5)6/h11H,7-10H2,1-6H3. The van der Waals surface area contributed by atoms with E-state index in [9.17, 15) is 0 Å². The lowest BCUT2D eigenvalue weighted by molar-refractivity contribution is -0.186. The number of hydrogen-bond acceptors (Lipinski definition) is 2. The molecular formula is C14H27NO. The molecule has 0 amide bonds. The summed E-state index contributed by atoms with van der Waals surface area (Å²) in [6, 6.07) is 0.564. The zero-order valence-corrected chi connectivity index (χ0v) is 11.8. The van der Waals surface area contributed by atoms with Gasteiger partial charge in [0, 0.05) is 24.5 Å². The van der Waals surface area contributed by atoms with Crippen molar-refractivity contribution in [2.45, 2.75) is 71.6 Å². The highest BCUT2D eigenvalue weighted by atomic mass is 16.5. The molecule has 1 spiro atoms. The average Bonchev–Trinajstić information content (AvgIpc) is 2.38. The summed E-state index contributed by atoms with van der Waals surface area (Å²) in [6.07, 6.45) is 2.47. The Morgan fingerprint density at radius 2 is 1.62 bits per heavy atom. The van der Waals surface area contributed by atoms with E-state index in [1.807, 2.05) is 0 Å². The summed E-state index contributed by atoms with van der Waals surface area (Å²) < 4.78 is 6.00. The maximum absolute atomic E-state index is 6.00. The normalized spacial score (nSPS) is 36.8. The average molecular weight is 225 g/mol. The Bertz CT molecular complexity index is 267. The van der Waals surface area contributed by atoms with Crippen LogP contribution in [0.25, 0.3) is 0 Å². The molecule has 94 valence electrons. The van der Waals surface area contributed by atoms with Crippen LogP contribution in [0.5, 0.6) is 0 Å². The molecule has 0 aromatic heterocycles. The third kappa shape index (κ3) is 1.80. The zero-order valence-electron chi connectivity index (χ0n) is 11.8. The largest absolute Gasteiger partial charge is 0.373 e. The number of hydrogen-bond donors (Lipinski definition) is 0. The molecule has 2 rings (SSSR count). The summed E-state index contributed by atoms with van der Waals surface area (Å²) in [5.74, 6) is 0. The Labute approximate surface area is 100 Å². The molecule has 2 saturated heterocycles. The molecule has 16 heavy (non-hydrogen) atoms. The molecule has 0 bridgehead atoms. The molecule has 2 nitrogen and oxygen atoms in total. The summed E-state index contributed by atoms with van der Waals surface area (Å²) in [6.45, 7) is 16.2. The van der Waals surface area contributed by atoms with Gasteiger partial charge in [0.1, 0.15) is 0 Å². The van der Waals surface area contributed by atoms with E-state index in [1.165, 1.54) is 19.4 Å². The van der Waals surface area contributed by atoms with Crippen molar-refractivity contribution in [1.29, 1.82) is 0 Å². The van der Waals surface area contributed by atoms with Crippen molar-refractivity contribution in [3.8, 4) is 0 Å². The first kappa shape index (κ1) is 12.4. The molecule has 2 aliphatic heterocycles. The van der Waals surface area contributed by atoms with Crippen molar-refractivity contribution < 1.29 is 4.74 Å². The number of nitrogens with zero attached hydrogens (tertiary/aromatic N) is 1. The van der Waals surface area contributed by atoms with Gasteiger partial charge >= 0.3 is 0 Å². The van der Waals surface area contributed by atoms with Crippen molar-refractivity contribution >= 4 is 0 Å². The third-order valence-corrected chi connectivity index (χ3v) is 4.18. The van der Waals surface area contributed by atoms with Crippen LogP contribution in [0.15, 0.2) is 0 Å². The van der Waals surface area contributed by atoms with E-state index < -0.39 is 0 Å². The number of rotatable bonds is 0. The number of likely N-dealkylation sites (tertiary alicyclic amines) is 1. The van der Waals surface area contributed by atoms with Crippen LogP contribution in [0.3, 0.4) is 0 Å². The van der Waals surface area contributed by atoms with Gasteiger partial charge in [0.05, 0.1) is 12.2 Å². The lowest BCUT2D eigenvalue weighted by atomic mass is 9.72. The Morgan fingerprint density at radius 1 is 1.06 bits per heavy atom. The lowest BCUT2D eigenvalue weighted by Crippen LogP contribution is -2.61. The summed E-state index contributed by atoms with van der Waals surface area (Å²) in [7, 11) is 0. The summed E-state index contributed by atoms with van der Waals surface area (Å²) >= 11 is 0. The molecule has 2 unspecified atom stereocenters. The smallest absolute Gasteiger partial charge is 0.0876 e. The first-order chi connectivity index (χ1) is 7.17. The van der Waals surface area contributed by atoms with Gasteiger partial charge in [0.2, 0.25) is 0 Å². The van der Waals surface area contributed by atoms with Crippen LogP contribution in [-0.2, 0) is 4.74 Å². The quantitative estimate of drug-likeness (QED) is 0.628. The Morgan fingerprint density at radius 3 is 1.94 bits per heavy atom. The molecule has 0 aromatic rings. The third-order valence-electron chi connectivity index (χ3n) is 4.18. The highest BCUT2D eigenvalue weighted by Gasteiger charge is 2.58. The van der Waals surface area contributed by atoms with Gasteiger partial charge in [-0.15, -0.1) is 0 Å². The van der Waals surface area contributed by atoms with Crippen LogP contribution < -0.4 is 0 Å². The van der Waals surface area contributed by atoms with Gasteiger partial charge in [0.25, 0.3) is 0 Å². The van der Waals surface area contributed by atoms with Crippen LogP contribution in [0.2, 0.25) is 0 Å². The fraction of sp³-hybridized carbons (Fsp3) is 1.00.